The zero-order chi connectivity index (χ0) is 21.6. The third-order valence-electron chi connectivity index (χ3n) is 5.56. The summed E-state index contributed by atoms with van der Waals surface area (Å²) in [6.45, 7) is 3.33. The Morgan fingerprint density at radius 1 is 1.03 bits per heavy atom. The Hall–Kier alpha value is -2.38. The summed E-state index contributed by atoms with van der Waals surface area (Å²) >= 11 is 0. The first-order valence-electron chi connectivity index (χ1n) is 10.3. The van der Waals surface area contributed by atoms with Gasteiger partial charge in [-0.1, -0.05) is 42.0 Å². The molecular formula is C23H30N2O4S. The number of sulfonamides is 1. The number of methoxy groups -OCH3 is 1. The maximum Gasteiger partial charge on any atom is 0.223 e. The molecule has 1 N–H and O–H groups in total. The number of ether oxygens (including phenoxy) is 1. The molecule has 7 heteroatoms. The summed E-state index contributed by atoms with van der Waals surface area (Å²) in [6, 6.07) is 15.4. The molecule has 0 unspecified atom stereocenters. The van der Waals surface area contributed by atoms with Gasteiger partial charge < -0.3 is 10.1 Å². The number of carbonyl (C=O) groups excluding carboxylic acids is 1. The van der Waals surface area contributed by atoms with Gasteiger partial charge >= 0.3 is 0 Å². The lowest BCUT2D eigenvalue weighted by Gasteiger charge is -2.30. The van der Waals surface area contributed by atoms with E-state index in [0.717, 1.165) is 28.9 Å². The van der Waals surface area contributed by atoms with Gasteiger partial charge in [-0.15, -0.1) is 0 Å². The van der Waals surface area contributed by atoms with E-state index in [2.05, 4.69) is 5.32 Å². The minimum atomic E-state index is -3.37. The standard InChI is InChI=1S/C23H30N2O4S/c1-18-3-5-20(6-4-18)17-30(27,28)25-15-12-21(13-16-25)23(26)24-14-11-19-7-9-22(29-2)10-8-19/h3-10,21H,11-17H2,1-2H3,(H,24,26). The van der Waals surface area contributed by atoms with Crippen LogP contribution in [0.2, 0.25) is 0 Å². The van der Waals surface area contributed by atoms with Crippen LogP contribution in [0.1, 0.15) is 29.5 Å². The Balaban J connectivity index is 1.43. The van der Waals surface area contributed by atoms with Gasteiger partial charge in [-0.05, 0) is 49.4 Å². The van der Waals surface area contributed by atoms with Crippen molar-refractivity contribution < 1.29 is 17.9 Å². The Labute approximate surface area is 179 Å². The van der Waals surface area contributed by atoms with Crippen molar-refractivity contribution in [2.24, 2.45) is 5.92 Å². The fraction of sp³-hybridized carbons (Fsp3) is 0.435. The molecule has 0 aliphatic carbocycles. The predicted molar refractivity (Wildman–Crippen MR) is 118 cm³/mol. The van der Waals surface area contributed by atoms with Crippen molar-refractivity contribution in [3.8, 4) is 5.75 Å². The number of rotatable bonds is 8. The molecular weight excluding hydrogens is 400 g/mol. The van der Waals surface area contributed by atoms with Gasteiger partial charge in [-0.2, -0.15) is 0 Å². The van der Waals surface area contributed by atoms with Crippen molar-refractivity contribution in [1.29, 1.82) is 0 Å². The highest BCUT2D eigenvalue weighted by molar-refractivity contribution is 7.88. The molecule has 1 aliphatic heterocycles. The van der Waals surface area contributed by atoms with Crippen molar-refractivity contribution in [2.45, 2.75) is 31.9 Å². The minimum Gasteiger partial charge on any atom is -0.497 e. The number of amides is 1. The molecule has 0 atom stereocenters. The zero-order valence-electron chi connectivity index (χ0n) is 17.6. The van der Waals surface area contributed by atoms with Crippen LogP contribution in [-0.2, 0) is 27.0 Å². The number of nitrogens with one attached hydrogen (secondary N) is 1. The largest absolute Gasteiger partial charge is 0.497 e. The molecule has 0 bridgehead atoms. The summed E-state index contributed by atoms with van der Waals surface area (Å²) in [5.41, 5.74) is 3.03. The molecule has 30 heavy (non-hydrogen) atoms. The van der Waals surface area contributed by atoms with Crippen molar-refractivity contribution in [2.75, 3.05) is 26.7 Å². The molecule has 1 heterocycles. The van der Waals surface area contributed by atoms with Gasteiger partial charge in [0.15, 0.2) is 0 Å². The lowest BCUT2D eigenvalue weighted by molar-refractivity contribution is -0.126. The topological polar surface area (TPSA) is 75.7 Å². The van der Waals surface area contributed by atoms with Gasteiger partial charge in [0.1, 0.15) is 5.75 Å². The number of carbonyl (C=O) groups is 1. The molecule has 2 aromatic carbocycles. The molecule has 0 spiro atoms. The molecule has 0 aromatic heterocycles. The fourth-order valence-electron chi connectivity index (χ4n) is 3.65. The second-order valence-electron chi connectivity index (χ2n) is 7.80. The first-order valence-corrected chi connectivity index (χ1v) is 11.9. The Morgan fingerprint density at radius 3 is 2.23 bits per heavy atom. The van der Waals surface area contributed by atoms with Crippen LogP contribution in [0.4, 0.5) is 0 Å². The summed E-state index contributed by atoms with van der Waals surface area (Å²) in [7, 11) is -1.73. The monoisotopic (exact) mass is 430 g/mol. The molecule has 1 fully saturated rings. The van der Waals surface area contributed by atoms with E-state index in [9.17, 15) is 13.2 Å². The fourth-order valence-corrected chi connectivity index (χ4v) is 5.21. The number of benzene rings is 2. The lowest BCUT2D eigenvalue weighted by atomic mass is 9.97. The maximum absolute atomic E-state index is 12.7. The van der Waals surface area contributed by atoms with Gasteiger partial charge in [-0.25, -0.2) is 12.7 Å². The number of nitrogens with zero attached hydrogens (tertiary/aromatic N) is 1. The van der Waals surface area contributed by atoms with E-state index in [1.54, 1.807) is 7.11 Å². The number of piperidine rings is 1. The average Bonchev–Trinajstić information content (AvgIpc) is 2.76. The maximum atomic E-state index is 12.7. The molecule has 0 saturated carbocycles. The van der Waals surface area contributed by atoms with Crippen LogP contribution in [0, 0.1) is 12.8 Å². The van der Waals surface area contributed by atoms with Crippen molar-refractivity contribution >= 4 is 15.9 Å². The van der Waals surface area contributed by atoms with Gasteiger partial charge in [0.25, 0.3) is 0 Å². The Bertz CT molecular complexity index is 932. The van der Waals surface area contributed by atoms with Crippen LogP contribution in [0.5, 0.6) is 5.75 Å². The number of aryl methyl sites for hydroxylation is 1. The highest BCUT2D eigenvalue weighted by atomic mass is 32.2. The first-order chi connectivity index (χ1) is 14.4. The van der Waals surface area contributed by atoms with Crippen LogP contribution in [0.25, 0.3) is 0 Å². The smallest absolute Gasteiger partial charge is 0.223 e. The molecule has 6 nitrogen and oxygen atoms in total. The minimum absolute atomic E-state index is 0.00596. The van der Waals surface area contributed by atoms with E-state index < -0.39 is 10.0 Å². The highest BCUT2D eigenvalue weighted by Crippen LogP contribution is 2.22. The van der Waals surface area contributed by atoms with Gasteiger partial charge in [-0.3, -0.25) is 4.79 Å². The predicted octanol–water partition coefficient (Wildman–Crippen LogP) is 2.90. The van der Waals surface area contributed by atoms with Crippen LogP contribution < -0.4 is 10.1 Å². The van der Waals surface area contributed by atoms with Crippen LogP contribution >= 0.6 is 0 Å². The van der Waals surface area contributed by atoms with E-state index in [-0.39, 0.29) is 17.6 Å². The Morgan fingerprint density at radius 2 is 1.63 bits per heavy atom. The van der Waals surface area contributed by atoms with Crippen LogP contribution in [0.3, 0.4) is 0 Å². The molecule has 3 rings (SSSR count). The molecule has 1 saturated heterocycles. The quantitative estimate of drug-likeness (QED) is 0.699. The van der Waals surface area contributed by atoms with E-state index in [1.807, 2.05) is 55.5 Å². The second kappa shape index (κ2) is 10.1. The first kappa shape index (κ1) is 22.3. The summed E-state index contributed by atoms with van der Waals surface area (Å²) in [4.78, 5) is 12.5. The average molecular weight is 431 g/mol. The highest BCUT2D eigenvalue weighted by Gasteiger charge is 2.31. The van der Waals surface area contributed by atoms with Crippen LogP contribution in [0.15, 0.2) is 48.5 Å². The van der Waals surface area contributed by atoms with Crippen LogP contribution in [-0.4, -0.2) is 45.4 Å². The van der Waals surface area contributed by atoms with E-state index >= 15 is 0 Å². The van der Waals surface area contributed by atoms with Crippen molar-refractivity contribution in [1.82, 2.24) is 9.62 Å². The van der Waals surface area contributed by atoms with Gasteiger partial charge in [0.2, 0.25) is 15.9 Å². The summed E-state index contributed by atoms with van der Waals surface area (Å²) in [5.74, 6) is 0.698. The van der Waals surface area contributed by atoms with E-state index in [4.69, 9.17) is 4.74 Å². The molecule has 0 radical (unpaired) electrons. The van der Waals surface area contributed by atoms with Gasteiger partial charge in [0.05, 0.1) is 12.9 Å². The normalized spacial score (nSPS) is 15.7. The second-order valence-corrected chi connectivity index (χ2v) is 9.77. The summed E-state index contributed by atoms with van der Waals surface area (Å²) in [6.07, 6.45) is 1.86. The SMILES string of the molecule is COc1ccc(CCNC(=O)C2CCN(S(=O)(=O)Cc3ccc(C)cc3)CC2)cc1. The lowest BCUT2D eigenvalue weighted by Crippen LogP contribution is -2.43. The number of hydrogen-bond acceptors (Lipinski definition) is 4. The van der Waals surface area contributed by atoms with E-state index in [0.29, 0.717) is 32.5 Å². The number of hydrogen-bond donors (Lipinski definition) is 1. The zero-order valence-corrected chi connectivity index (χ0v) is 18.5. The van der Waals surface area contributed by atoms with Gasteiger partial charge in [0, 0.05) is 25.6 Å². The third kappa shape index (κ3) is 6.06. The van der Waals surface area contributed by atoms with Crippen molar-refractivity contribution in [3.05, 3.63) is 65.2 Å². The summed E-state index contributed by atoms with van der Waals surface area (Å²) in [5, 5.41) is 2.99. The molecule has 2 aromatic rings. The molecule has 162 valence electrons. The van der Waals surface area contributed by atoms with E-state index in [1.165, 1.54) is 4.31 Å². The molecule has 1 amide bonds. The van der Waals surface area contributed by atoms with Crippen molar-refractivity contribution in [3.63, 3.8) is 0 Å². The summed E-state index contributed by atoms with van der Waals surface area (Å²) < 4.78 is 32.1. The Kier molecular flexibility index (Phi) is 7.50. The third-order valence-corrected chi connectivity index (χ3v) is 7.41. The molecule has 1 aliphatic rings.